The number of aryl methyl sites for hydroxylation is 1. The van der Waals surface area contributed by atoms with Gasteiger partial charge in [0.25, 0.3) is 0 Å². The average molecular weight is 469 g/mol. The molecule has 7 heteroatoms. The number of amides is 2. The van der Waals surface area contributed by atoms with Gasteiger partial charge in [0.2, 0.25) is 11.8 Å². The molecule has 1 saturated carbocycles. The first-order valence-corrected chi connectivity index (χ1v) is 12.8. The molecule has 0 bridgehead atoms. The Balaban J connectivity index is 1.46. The molecule has 1 aromatic heterocycles. The van der Waals surface area contributed by atoms with E-state index in [9.17, 15) is 9.59 Å². The molecule has 186 valence electrons. The van der Waals surface area contributed by atoms with Crippen molar-refractivity contribution in [2.24, 2.45) is 11.8 Å². The maximum atomic E-state index is 13.7. The van der Waals surface area contributed by atoms with Crippen LogP contribution in [0.25, 0.3) is 10.9 Å². The minimum absolute atomic E-state index is 0.0118. The van der Waals surface area contributed by atoms with Crippen molar-refractivity contribution in [3.8, 4) is 0 Å². The van der Waals surface area contributed by atoms with E-state index >= 15 is 0 Å². The minimum atomic E-state index is -0.103. The summed E-state index contributed by atoms with van der Waals surface area (Å²) in [4.78, 5) is 28.1. The number of hydrogen-bond donors (Lipinski definition) is 2. The van der Waals surface area contributed by atoms with E-state index in [0.29, 0.717) is 37.9 Å². The molecule has 2 aromatic rings. The highest BCUT2D eigenvalue weighted by atomic mass is 16.5. The molecule has 0 radical (unpaired) electrons. The Labute approximate surface area is 203 Å². The third-order valence-electron chi connectivity index (χ3n) is 6.89. The molecule has 0 spiro atoms. The quantitative estimate of drug-likeness (QED) is 0.496. The van der Waals surface area contributed by atoms with Crippen LogP contribution in [0, 0.1) is 11.8 Å². The van der Waals surface area contributed by atoms with Gasteiger partial charge in [-0.1, -0.05) is 32.0 Å². The highest BCUT2D eigenvalue weighted by molar-refractivity contribution is 5.85. The number of rotatable bonds is 11. The summed E-state index contributed by atoms with van der Waals surface area (Å²) in [6.07, 6.45) is 6.56. The number of carbonyl (C=O) groups excluding carboxylic acids is 2. The Morgan fingerprint density at radius 1 is 1.24 bits per heavy atom. The average Bonchev–Trinajstić information content (AvgIpc) is 3.60. The number of aromatic nitrogens is 1. The zero-order valence-electron chi connectivity index (χ0n) is 20.9. The largest absolute Gasteiger partial charge is 0.385 e. The van der Waals surface area contributed by atoms with Crippen molar-refractivity contribution in [3.63, 3.8) is 0 Å². The van der Waals surface area contributed by atoms with Gasteiger partial charge in [-0.05, 0) is 43.2 Å². The van der Waals surface area contributed by atoms with E-state index in [1.807, 2.05) is 13.8 Å². The topological polar surface area (TPSA) is 75.6 Å². The number of benzene rings is 1. The van der Waals surface area contributed by atoms with Gasteiger partial charge in [0, 0.05) is 75.5 Å². The maximum absolute atomic E-state index is 13.7. The molecule has 2 aliphatic rings. The fourth-order valence-corrected chi connectivity index (χ4v) is 5.10. The van der Waals surface area contributed by atoms with Crippen LogP contribution < -0.4 is 10.6 Å². The van der Waals surface area contributed by atoms with Crippen LogP contribution in [0.5, 0.6) is 0 Å². The smallest absolute Gasteiger partial charge is 0.227 e. The van der Waals surface area contributed by atoms with Crippen LogP contribution in [-0.2, 0) is 27.4 Å². The number of nitrogens with zero attached hydrogens (tertiary/aromatic N) is 2. The van der Waals surface area contributed by atoms with Crippen molar-refractivity contribution >= 4 is 22.7 Å². The zero-order valence-corrected chi connectivity index (χ0v) is 20.9. The third kappa shape index (κ3) is 6.19. The number of piperidine rings is 1. The lowest BCUT2D eigenvalue weighted by Gasteiger charge is -2.34. The summed E-state index contributed by atoms with van der Waals surface area (Å²) in [5.74, 6) is 0.522. The van der Waals surface area contributed by atoms with Gasteiger partial charge in [-0.3, -0.25) is 9.59 Å². The summed E-state index contributed by atoms with van der Waals surface area (Å²) < 4.78 is 7.53. The summed E-state index contributed by atoms with van der Waals surface area (Å²) in [5.41, 5.74) is 2.42. The lowest BCUT2D eigenvalue weighted by Crippen LogP contribution is -2.53. The van der Waals surface area contributed by atoms with Gasteiger partial charge >= 0.3 is 0 Å². The van der Waals surface area contributed by atoms with Gasteiger partial charge < -0.3 is 24.8 Å². The molecule has 2 N–H and O–H groups in total. The lowest BCUT2D eigenvalue weighted by atomic mass is 9.93. The highest BCUT2D eigenvalue weighted by Crippen LogP contribution is 2.33. The molecule has 1 aliphatic carbocycles. The van der Waals surface area contributed by atoms with E-state index in [2.05, 4.69) is 50.6 Å². The van der Waals surface area contributed by atoms with E-state index in [1.165, 1.54) is 16.5 Å². The SMILES string of the molecule is COCCCn1cc(CN(C(=O)C2CNCC(NC(=O)CC(C)C)C2)C2CC2)c2ccccc21. The normalized spacial score (nSPS) is 20.6. The number of para-hydroxylation sites is 1. The summed E-state index contributed by atoms with van der Waals surface area (Å²) in [6, 6.07) is 8.81. The summed E-state index contributed by atoms with van der Waals surface area (Å²) >= 11 is 0. The first-order valence-electron chi connectivity index (χ1n) is 12.8. The summed E-state index contributed by atoms with van der Waals surface area (Å²) in [6.45, 7) is 7.78. The van der Waals surface area contributed by atoms with Crippen LogP contribution in [0.3, 0.4) is 0 Å². The number of nitrogens with one attached hydrogen (secondary N) is 2. The van der Waals surface area contributed by atoms with Crippen LogP contribution in [0.2, 0.25) is 0 Å². The van der Waals surface area contributed by atoms with Gasteiger partial charge in [-0.25, -0.2) is 0 Å². The van der Waals surface area contributed by atoms with Crippen molar-refractivity contribution in [1.82, 2.24) is 20.1 Å². The van der Waals surface area contributed by atoms with E-state index in [1.54, 1.807) is 7.11 Å². The van der Waals surface area contributed by atoms with Gasteiger partial charge in [0.05, 0.1) is 5.92 Å². The Morgan fingerprint density at radius 2 is 2.03 bits per heavy atom. The predicted octanol–water partition coefficient (Wildman–Crippen LogP) is 3.31. The third-order valence-corrected chi connectivity index (χ3v) is 6.89. The second kappa shape index (κ2) is 11.4. The predicted molar refractivity (Wildman–Crippen MR) is 134 cm³/mol. The number of hydrogen-bond acceptors (Lipinski definition) is 4. The van der Waals surface area contributed by atoms with Gasteiger partial charge in [-0.15, -0.1) is 0 Å². The Hall–Kier alpha value is -2.38. The molecule has 2 fully saturated rings. The Bertz CT molecular complexity index is 981. The molecule has 1 saturated heterocycles. The first-order chi connectivity index (χ1) is 16.5. The summed E-state index contributed by atoms with van der Waals surface area (Å²) in [7, 11) is 1.73. The molecule has 4 rings (SSSR count). The van der Waals surface area contributed by atoms with Crippen LogP contribution in [0.15, 0.2) is 30.5 Å². The number of methoxy groups -OCH3 is 1. The number of ether oxygens (including phenoxy) is 1. The molecule has 2 heterocycles. The lowest BCUT2D eigenvalue weighted by molar-refractivity contribution is -0.138. The molecule has 2 amide bonds. The van der Waals surface area contributed by atoms with Crippen molar-refractivity contribution in [1.29, 1.82) is 0 Å². The second-order valence-electron chi connectivity index (χ2n) is 10.4. The molecule has 34 heavy (non-hydrogen) atoms. The first kappa shape index (κ1) is 24.7. The van der Waals surface area contributed by atoms with Crippen LogP contribution in [0.4, 0.5) is 0 Å². The van der Waals surface area contributed by atoms with Crippen molar-refractivity contribution < 1.29 is 14.3 Å². The monoisotopic (exact) mass is 468 g/mol. The van der Waals surface area contributed by atoms with Crippen molar-refractivity contribution in [3.05, 3.63) is 36.0 Å². The van der Waals surface area contributed by atoms with Crippen LogP contribution in [-0.4, -0.2) is 60.2 Å². The van der Waals surface area contributed by atoms with E-state index in [-0.39, 0.29) is 23.8 Å². The highest BCUT2D eigenvalue weighted by Gasteiger charge is 2.38. The van der Waals surface area contributed by atoms with Crippen molar-refractivity contribution in [2.75, 3.05) is 26.8 Å². The minimum Gasteiger partial charge on any atom is -0.385 e. The molecule has 7 nitrogen and oxygen atoms in total. The van der Waals surface area contributed by atoms with E-state index in [0.717, 1.165) is 39.0 Å². The Morgan fingerprint density at radius 3 is 2.76 bits per heavy atom. The van der Waals surface area contributed by atoms with E-state index in [4.69, 9.17) is 4.74 Å². The van der Waals surface area contributed by atoms with Crippen LogP contribution in [0.1, 0.15) is 51.5 Å². The number of carbonyl (C=O) groups is 2. The Kier molecular flexibility index (Phi) is 8.27. The fraction of sp³-hybridized carbons (Fsp3) is 0.630. The van der Waals surface area contributed by atoms with Gasteiger partial charge in [0.1, 0.15) is 0 Å². The van der Waals surface area contributed by atoms with E-state index < -0.39 is 0 Å². The standard InChI is InChI=1S/C27H40N4O3/c1-19(2)13-26(32)29-22-14-20(15-28-16-22)27(33)31(23-9-10-23)18-21-17-30(11-6-12-34-3)25-8-5-4-7-24(21)25/h4-5,7-8,17,19-20,22-23,28H,6,9-16,18H2,1-3H3,(H,29,32). The molecular formula is C27H40N4O3. The van der Waals surface area contributed by atoms with Gasteiger partial charge in [-0.2, -0.15) is 0 Å². The molecule has 1 aliphatic heterocycles. The maximum Gasteiger partial charge on any atom is 0.227 e. The van der Waals surface area contributed by atoms with Crippen molar-refractivity contribution in [2.45, 2.75) is 71.1 Å². The second-order valence-corrected chi connectivity index (χ2v) is 10.4. The molecule has 2 atom stereocenters. The molecule has 1 aromatic carbocycles. The fourth-order valence-electron chi connectivity index (χ4n) is 5.10. The zero-order chi connectivity index (χ0) is 24.1. The molecule has 2 unspecified atom stereocenters. The van der Waals surface area contributed by atoms with Crippen LogP contribution >= 0.6 is 0 Å². The van der Waals surface area contributed by atoms with Gasteiger partial charge in [0.15, 0.2) is 0 Å². The number of fused-ring (bicyclic) bond motifs is 1. The summed E-state index contributed by atoms with van der Waals surface area (Å²) in [5, 5.41) is 7.74. The molecular weight excluding hydrogens is 428 g/mol.